The summed E-state index contributed by atoms with van der Waals surface area (Å²) < 4.78 is 147. The van der Waals surface area contributed by atoms with E-state index in [1.807, 2.05) is 0 Å². The first-order valence-corrected chi connectivity index (χ1v) is 21.8. The number of nitrogens with zero attached hydrogens (tertiary/aromatic N) is 7. The van der Waals surface area contributed by atoms with Crippen LogP contribution >= 0.6 is 11.8 Å². The average molecular weight is 869 g/mol. The maximum atomic E-state index is 13.2. The average Bonchev–Trinajstić information content (AvgIpc) is 3.84. The van der Waals surface area contributed by atoms with Crippen LogP contribution in [0.1, 0.15) is 0 Å². The molecule has 0 atom stereocenters. The Morgan fingerprint density at radius 1 is 0.439 bits per heavy atom. The van der Waals surface area contributed by atoms with Crippen LogP contribution in [0, 0.1) is 0 Å². The third-order valence-corrected chi connectivity index (χ3v) is 13.4. The van der Waals surface area contributed by atoms with E-state index in [2.05, 4.69) is 24.9 Å². The van der Waals surface area contributed by atoms with Gasteiger partial charge in [-0.05, 0) is 0 Å². The van der Waals surface area contributed by atoms with Crippen LogP contribution in [-0.2, 0) is 40.5 Å². The second-order valence-corrected chi connectivity index (χ2v) is 18.1. The van der Waals surface area contributed by atoms with Gasteiger partial charge in [0.25, 0.3) is 40.5 Å². The number of hydrogen-bond donors (Lipinski definition) is 5. The predicted molar refractivity (Wildman–Crippen MR) is 200 cm³/mol. The molecule has 3 aromatic heterocycles. The molecule has 2 aliphatic rings. The molecule has 0 saturated heterocycles. The lowest BCUT2D eigenvalue weighted by atomic mass is 10.1. The van der Waals surface area contributed by atoms with Crippen LogP contribution in [0.3, 0.4) is 0 Å². The Labute approximate surface area is 323 Å². The minimum absolute atomic E-state index is 0.0194. The summed E-state index contributed by atoms with van der Waals surface area (Å²) in [7, 11) is -24.7. The lowest BCUT2D eigenvalue weighted by Gasteiger charge is -2.14. The van der Waals surface area contributed by atoms with E-state index < -0.39 is 82.1 Å². The highest BCUT2D eigenvalue weighted by molar-refractivity contribution is 7.91. The molecule has 2 aliphatic heterocycles. The highest BCUT2D eigenvalue weighted by Gasteiger charge is 2.43. The van der Waals surface area contributed by atoms with E-state index in [0.29, 0.717) is 21.9 Å². The monoisotopic (exact) mass is 868 g/mol. The lowest BCUT2D eigenvalue weighted by molar-refractivity contribution is 0.449. The first-order valence-electron chi connectivity index (χ1n) is 15.7. The molecule has 0 fully saturated rings. The third kappa shape index (κ3) is 5.68. The van der Waals surface area contributed by atoms with Crippen LogP contribution in [0.5, 0.6) is 0 Å². The molecule has 0 radical (unpaired) electrons. The van der Waals surface area contributed by atoms with Gasteiger partial charge < -0.3 is 4.98 Å². The largest absolute Gasteiger partial charge is 0.324 e. The van der Waals surface area contributed by atoms with E-state index in [1.165, 1.54) is 16.2 Å². The SMILES string of the molecule is O=S(=O)(O)c1c(S(=O)(=O)O)c(S(=O)(=O)O)c2c3nc4nc(nc5c6ccccc6c(nc6nc(nc([nH]3)c2c1S(=O)(=O)O)-c1ccccc1-6)n5Cl)-c1ccccc1-4. The van der Waals surface area contributed by atoms with Crippen LogP contribution in [0.2, 0.25) is 0 Å². The molecule has 288 valence electrons. The summed E-state index contributed by atoms with van der Waals surface area (Å²) in [5, 5.41) is -1.40. The zero-order valence-corrected chi connectivity index (χ0v) is 31.6. The van der Waals surface area contributed by atoms with Gasteiger partial charge in [-0.1, -0.05) is 72.8 Å². The van der Waals surface area contributed by atoms with E-state index in [0.717, 1.165) is 0 Å². The maximum Gasteiger partial charge on any atom is 0.297 e. The quantitative estimate of drug-likeness (QED) is 0.154. The fourth-order valence-corrected chi connectivity index (χ4v) is 12.0. The summed E-state index contributed by atoms with van der Waals surface area (Å²) in [5.41, 5.74) is -0.319. The van der Waals surface area contributed by atoms with Gasteiger partial charge in [0.2, 0.25) is 0 Å². The number of nitrogens with one attached hydrogen (secondary N) is 1. The highest BCUT2D eigenvalue weighted by atomic mass is 35.5. The first-order chi connectivity index (χ1) is 26.7. The molecule has 5 N–H and O–H groups in total. The van der Waals surface area contributed by atoms with Gasteiger partial charge in [0.05, 0.1) is 10.8 Å². The first kappa shape index (κ1) is 36.8. The number of halogens is 1. The van der Waals surface area contributed by atoms with Crippen molar-refractivity contribution in [1.82, 2.24) is 39.0 Å². The zero-order valence-electron chi connectivity index (χ0n) is 27.6. The smallest absolute Gasteiger partial charge is 0.297 e. The Balaban J connectivity index is 1.66. The van der Waals surface area contributed by atoms with Crippen molar-refractivity contribution in [2.75, 3.05) is 0 Å². The zero-order chi connectivity index (χ0) is 40.6. The molecule has 9 rings (SSSR count). The number of H-pyrrole nitrogens is 1. The fourth-order valence-electron chi connectivity index (χ4n) is 6.81. The van der Waals surface area contributed by atoms with Gasteiger partial charge >= 0.3 is 0 Å². The molecule has 7 aromatic rings. The topological polar surface area (TPSA) is 316 Å². The van der Waals surface area contributed by atoms with E-state index in [4.69, 9.17) is 21.7 Å². The molecule has 0 unspecified atom stereocenters. The molecule has 4 aromatic carbocycles. The van der Waals surface area contributed by atoms with Gasteiger partial charge in [-0.3, -0.25) is 18.2 Å². The summed E-state index contributed by atoms with van der Waals surface area (Å²) in [6.45, 7) is 0. The predicted octanol–water partition coefficient (Wildman–Crippen LogP) is 4.33. The van der Waals surface area contributed by atoms with E-state index in [-0.39, 0.29) is 45.7 Å². The molecule has 20 nitrogen and oxygen atoms in total. The fraction of sp³-hybridized carbons (Fsp3) is 0. The molecular weight excluding hydrogens is 852 g/mol. The van der Waals surface area contributed by atoms with Crippen molar-refractivity contribution in [3.05, 3.63) is 72.8 Å². The number of rotatable bonds is 4. The Hall–Kier alpha value is -5.83. The third-order valence-electron chi connectivity index (χ3n) is 8.95. The van der Waals surface area contributed by atoms with Crippen molar-refractivity contribution in [3.8, 4) is 45.6 Å². The number of aromatic nitrogens is 8. The Bertz CT molecular complexity index is 3430. The van der Waals surface area contributed by atoms with Crippen molar-refractivity contribution in [3.63, 3.8) is 0 Å². The number of aromatic amines is 1. The summed E-state index contributed by atoms with van der Waals surface area (Å²) in [5.74, 6) is -0.633. The van der Waals surface area contributed by atoms with Crippen molar-refractivity contribution in [1.29, 1.82) is 0 Å². The molecule has 0 aliphatic carbocycles. The van der Waals surface area contributed by atoms with Crippen molar-refractivity contribution >= 4 is 96.4 Å². The maximum absolute atomic E-state index is 13.2. The van der Waals surface area contributed by atoms with Crippen LogP contribution in [-0.4, -0.2) is 90.9 Å². The van der Waals surface area contributed by atoms with Gasteiger partial charge in [0.15, 0.2) is 34.6 Å². The van der Waals surface area contributed by atoms with Gasteiger partial charge in [-0.25, -0.2) is 34.0 Å². The van der Waals surface area contributed by atoms with Gasteiger partial charge in [0.1, 0.15) is 30.9 Å². The highest BCUT2D eigenvalue weighted by Crippen LogP contribution is 2.45. The standard InChI is InChI=1S/C32H17ClN8O12S4/c33-41-31-17-11-5-6-12-18(17)32(41)40-28-16-10-4-2-8-14(16)26(35-28)37-30-20-19(29(38-30)36-25-13-7-1-3-9-15(13)27(34-25)39-31)21(54(42,43)44)23(56(48,49)50)24(57(51,52)53)22(20)55(45,46)47/h1-12H,(H,42,43,44)(H,45,46,47)(H,48,49,50)(H,51,52,53)(H,34,35,36,37,38,39,40). The summed E-state index contributed by atoms with van der Waals surface area (Å²) in [6, 6.07) is 19.5. The number of benzene rings is 4. The van der Waals surface area contributed by atoms with E-state index in [1.54, 1.807) is 60.7 Å². The lowest BCUT2D eigenvalue weighted by Crippen LogP contribution is -2.19. The van der Waals surface area contributed by atoms with Crippen LogP contribution in [0.4, 0.5) is 0 Å². The van der Waals surface area contributed by atoms with Crippen molar-refractivity contribution in [2.45, 2.75) is 19.6 Å². The second-order valence-electron chi connectivity index (χ2n) is 12.3. The second kappa shape index (κ2) is 12.1. The van der Waals surface area contributed by atoms with Crippen LogP contribution in [0.25, 0.3) is 89.7 Å². The van der Waals surface area contributed by atoms with Gasteiger partial charge in [-0.2, -0.15) is 33.7 Å². The number of fused-ring (bicyclic) bond motifs is 20. The minimum atomic E-state index is -6.26. The summed E-state index contributed by atoms with van der Waals surface area (Å²) in [4.78, 5) is 21.2. The molecule has 0 spiro atoms. The van der Waals surface area contributed by atoms with E-state index in [9.17, 15) is 51.9 Å². The Morgan fingerprint density at radius 3 is 1.05 bits per heavy atom. The molecule has 0 amide bonds. The normalized spacial score (nSPS) is 13.2. The van der Waals surface area contributed by atoms with Crippen LogP contribution in [0.15, 0.2) is 92.4 Å². The molecule has 25 heteroatoms. The van der Waals surface area contributed by atoms with Gasteiger partial charge in [0, 0.05) is 44.8 Å². The molecule has 0 saturated carbocycles. The van der Waals surface area contributed by atoms with E-state index >= 15 is 0 Å². The minimum Gasteiger partial charge on any atom is -0.324 e. The Morgan fingerprint density at radius 2 is 0.737 bits per heavy atom. The summed E-state index contributed by atoms with van der Waals surface area (Å²) in [6.07, 6.45) is 0. The van der Waals surface area contributed by atoms with Crippen LogP contribution < -0.4 is 0 Å². The number of hydrogen-bond acceptors (Lipinski definition) is 14. The molecule has 57 heavy (non-hydrogen) atoms. The Kier molecular flexibility index (Phi) is 7.80. The molecule has 5 heterocycles. The molecule has 8 bridgehead atoms. The van der Waals surface area contributed by atoms with Crippen molar-refractivity contribution < 1.29 is 51.9 Å². The van der Waals surface area contributed by atoms with Crippen molar-refractivity contribution in [2.24, 2.45) is 0 Å². The molecular formula is C32H17ClN8O12S4. The van der Waals surface area contributed by atoms with Gasteiger partial charge in [-0.15, -0.1) is 0 Å². The summed E-state index contributed by atoms with van der Waals surface area (Å²) >= 11 is 6.92.